The van der Waals surface area contributed by atoms with Crippen molar-refractivity contribution in [3.05, 3.63) is 59.4 Å². The summed E-state index contributed by atoms with van der Waals surface area (Å²) in [5.41, 5.74) is 1.39. The molecule has 1 aliphatic heterocycles. The average molecular weight is 408 g/mol. The molecule has 1 aliphatic rings. The standard InChI is InChI=1S/C21H26FNO4S/c1-3-16-4-9-19(26-2)20(14-16)28(24,25)23-15-21(10-12-27-13-11-21)17-5-7-18(22)8-6-17/h4-9,14,23H,3,10-13,15H2,1-2H3. The van der Waals surface area contributed by atoms with Crippen LogP contribution in [0.1, 0.15) is 30.9 Å². The lowest BCUT2D eigenvalue weighted by molar-refractivity contribution is 0.0517. The first-order chi connectivity index (χ1) is 13.4. The number of ether oxygens (including phenoxy) is 2. The van der Waals surface area contributed by atoms with E-state index in [4.69, 9.17) is 9.47 Å². The summed E-state index contributed by atoms with van der Waals surface area (Å²) < 4.78 is 53.0. The SMILES string of the molecule is CCc1ccc(OC)c(S(=O)(=O)NCC2(c3ccc(F)cc3)CCOCC2)c1. The maximum Gasteiger partial charge on any atom is 0.244 e. The Morgan fingerprint density at radius 3 is 2.43 bits per heavy atom. The Bertz CT molecular complexity index is 907. The number of halogens is 1. The van der Waals surface area contributed by atoms with Gasteiger partial charge in [0.1, 0.15) is 16.5 Å². The largest absolute Gasteiger partial charge is 0.495 e. The molecule has 2 aromatic carbocycles. The van der Waals surface area contributed by atoms with Crippen LogP contribution in [0, 0.1) is 5.82 Å². The Morgan fingerprint density at radius 1 is 1.14 bits per heavy atom. The summed E-state index contributed by atoms with van der Waals surface area (Å²) in [5, 5.41) is 0. The van der Waals surface area contributed by atoms with Crippen molar-refractivity contribution < 1.29 is 22.3 Å². The van der Waals surface area contributed by atoms with Crippen molar-refractivity contribution in [2.45, 2.75) is 36.5 Å². The fourth-order valence-corrected chi connectivity index (χ4v) is 4.94. The third-order valence-corrected chi connectivity index (χ3v) is 6.86. The van der Waals surface area contributed by atoms with Crippen molar-refractivity contribution >= 4 is 10.0 Å². The van der Waals surface area contributed by atoms with Gasteiger partial charge in [0.05, 0.1) is 7.11 Å². The predicted octanol–water partition coefficient (Wildman–Crippen LogP) is 3.42. The van der Waals surface area contributed by atoms with Gasteiger partial charge in [0, 0.05) is 25.2 Å². The summed E-state index contributed by atoms with van der Waals surface area (Å²) in [6.07, 6.45) is 2.05. The van der Waals surface area contributed by atoms with E-state index in [0.29, 0.717) is 31.8 Å². The zero-order valence-corrected chi connectivity index (χ0v) is 17.0. The first-order valence-corrected chi connectivity index (χ1v) is 10.9. The van der Waals surface area contributed by atoms with Gasteiger partial charge in [-0.1, -0.05) is 25.1 Å². The van der Waals surface area contributed by atoms with E-state index in [-0.39, 0.29) is 17.3 Å². The van der Waals surface area contributed by atoms with Gasteiger partial charge in [-0.25, -0.2) is 17.5 Å². The number of hydrogen-bond acceptors (Lipinski definition) is 4. The second-order valence-electron chi connectivity index (χ2n) is 7.06. The summed E-state index contributed by atoms with van der Waals surface area (Å²) >= 11 is 0. The minimum Gasteiger partial charge on any atom is -0.495 e. The Morgan fingerprint density at radius 2 is 1.82 bits per heavy atom. The topological polar surface area (TPSA) is 64.6 Å². The van der Waals surface area contributed by atoms with Gasteiger partial charge >= 0.3 is 0 Å². The maximum absolute atomic E-state index is 13.4. The number of methoxy groups -OCH3 is 1. The lowest BCUT2D eigenvalue weighted by Gasteiger charge is -2.38. The monoisotopic (exact) mass is 407 g/mol. The van der Waals surface area contributed by atoms with Crippen LogP contribution in [0.4, 0.5) is 4.39 Å². The van der Waals surface area contributed by atoms with Crippen molar-refractivity contribution in [2.75, 3.05) is 26.9 Å². The zero-order chi connectivity index (χ0) is 20.2. The minimum atomic E-state index is -3.78. The van der Waals surface area contributed by atoms with Crippen molar-refractivity contribution in [1.29, 1.82) is 0 Å². The molecule has 0 saturated carbocycles. The van der Waals surface area contributed by atoms with Crippen molar-refractivity contribution in [3.8, 4) is 5.75 Å². The van der Waals surface area contributed by atoms with Gasteiger partial charge in [-0.2, -0.15) is 0 Å². The van der Waals surface area contributed by atoms with Gasteiger partial charge in [-0.3, -0.25) is 0 Å². The molecular weight excluding hydrogens is 381 g/mol. The number of sulfonamides is 1. The van der Waals surface area contributed by atoms with E-state index in [0.717, 1.165) is 17.5 Å². The molecule has 1 saturated heterocycles. The summed E-state index contributed by atoms with van der Waals surface area (Å²) in [4.78, 5) is 0.135. The molecule has 5 nitrogen and oxygen atoms in total. The van der Waals surface area contributed by atoms with Gasteiger partial charge in [0.15, 0.2) is 0 Å². The number of aryl methyl sites for hydroxylation is 1. The third kappa shape index (κ3) is 4.37. The molecule has 0 amide bonds. The van der Waals surface area contributed by atoms with Crippen LogP contribution >= 0.6 is 0 Å². The number of nitrogens with one attached hydrogen (secondary N) is 1. The molecule has 0 atom stereocenters. The van der Waals surface area contributed by atoms with Crippen LogP contribution in [0.5, 0.6) is 5.75 Å². The quantitative estimate of drug-likeness (QED) is 0.764. The lowest BCUT2D eigenvalue weighted by atomic mass is 9.74. The molecule has 0 spiro atoms. The molecule has 2 aromatic rings. The molecule has 1 N–H and O–H groups in total. The van der Waals surface area contributed by atoms with E-state index in [1.165, 1.54) is 19.2 Å². The van der Waals surface area contributed by atoms with Gasteiger partial charge in [0.2, 0.25) is 10.0 Å². The number of hydrogen-bond donors (Lipinski definition) is 1. The van der Waals surface area contributed by atoms with E-state index in [9.17, 15) is 12.8 Å². The van der Waals surface area contributed by atoms with E-state index in [1.54, 1.807) is 24.3 Å². The highest BCUT2D eigenvalue weighted by molar-refractivity contribution is 7.89. The Balaban J connectivity index is 1.90. The molecule has 7 heteroatoms. The first kappa shape index (κ1) is 20.8. The molecule has 152 valence electrons. The molecule has 0 aromatic heterocycles. The second kappa shape index (κ2) is 8.59. The molecule has 3 rings (SSSR count). The van der Waals surface area contributed by atoms with Crippen molar-refractivity contribution in [2.24, 2.45) is 0 Å². The second-order valence-corrected chi connectivity index (χ2v) is 8.80. The number of benzene rings is 2. The van der Waals surface area contributed by atoms with Crippen molar-refractivity contribution in [1.82, 2.24) is 4.72 Å². The van der Waals surface area contributed by atoms with Crippen LogP contribution in [0.25, 0.3) is 0 Å². The van der Waals surface area contributed by atoms with E-state index >= 15 is 0 Å². The smallest absolute Gasteiger partial charge is 0.244 e. The first-order valence-electron chi connectivity index (χ1n) is 9.40. The Kier molecular flexibility index (Phi) is 6.37. The maximum atomic E-state index is 13.4. The average Bonchev–Trinajstić information content (AvgIpc) is 2.73. The van der Waals surface area contributed by atoms with E-state index in [1.807, 2.05) is 13.0 Å². The van der Waals surface area contributed by atoms with Crippen LogP contribution in [-0.4, -0.2) is 35.3 Å². The Labute approximate surface area is 165 Å². The Hall–Kier alpha value is -1.96. The van der Waals surface area contributed by atoms with Gasteiger partial charge in [0.25, 0.3) is 0 Å². The zero-order valence-electron chi connectivity index (χ0n) is 16.2. The third-order valence-electron chi connectivity index (χ3n) is 5.43. The fraction of sp³-hybridized carbons (Fsp3) is 0.429. The molecule has 0 bridgehead atoms. The predicted molar refractivity (Wildman–Crippen MR) is 106 cm³/mol. The van der Waals surface area contributed by atoms with Gasteiger partial charge in [-0.05, 0) is 54.7 Å². The highest BCUT2D eigenvalue weighted by atomic mass is 32.2. The van der Waals surface area contributed by atoms with Crippen LogP contribution < -0.4 is 9.46 Å². The van der Waals surface area contributed by atoms with Gasteiger partial charge < -0.3 is 9.47 Å². The normalized spacial score (nSPS) is 16.7. The lowest BCUT2D eigenvalue weighted by Crippen LogP contribution is -2.44. The van der Waals surface area contributed by atoms with E-state index in [2.05, 4.69) is 4.72 Å². The molecule has 28 heavy (non-hydrogen) atoms. The van der Waals surface area contributed by atoms with Gasteiger partial charge in [-0.15, -0.1) is 0 Å². The molecule has 1 heterocycles. The minimum absolute atomic E-state index is 0.135. The molecule has 0 radical (unpaired) electrons. The summed E-state index contributed by atoms with van der Waals surface area (Å²) in [6, 6.07) is 11.5. The highest BCUT2D eigenvalue weighted by Crippen LogP contribution is 2.35. The molecule has 1 fully saturated rings. The number of rotatable bonds is 7. The van der Waals surface area contributed by atoms with Crippen molar-refractivity contribution in [3.63, 3.8) is 0 Å². The summed E-state index contributed by atoms with van der Waals surface area (Å²) in [6.45, 7) is 3.25. The molecule has 0 aliphatic carbocycles. The van der Waals surface area contributed by atoms with Crippen LogP contribution in [0.3, 0.4) is 0 Å². The molecular formula is C21H26FNO4S. The highest BCUT2D eigenvalue weighted by Gasteiger charge is 2.36. The summed E-state index contributed by atoms with van der Waals surface area (Å²) in [7, 11) is -2.32. The fourth-order valence-electron chi connectivity index (χ4n) is 3.60. The molecule has 0 unspecified atom stereocenters. The summed E-state index contributed by atoms with van der Waals surface area (Å²) in [5.74, 6) is 0.000154. The van der Waals surface area contributed by atoms with E-state index < -0.39 is 15.4 Å². The van der Waals surface area contributed by atoms with Crippen LogP contribution in [-0.2, 0) is 26.6 Å². The van der Waals surface area contributed by atoms with Crippen LogP contribution in [0.15, 0.2) is 47.4 Å². The van der Waals surface area contributed by atoms with Crippen LogP contribution in [0.2, 0.25) is 0 Å².